The quantitative estimate of drug-likeness (QED) is 0.603. The highest BCUT2D eigenvalue weighted by Crippen LogP contribution is 2.20. The van der Waals surface area contributed by atoms with Gasteiger partial charge in [0.2, 0.25) is 0 Å². The molecule has 2 rings (SSSR count). The Kier molecular flexibility index (Phi) is 1.66. The molecule has 0 amide bonds. The van der Waals surface area contributed by atoms with Crippen molar-refractivity contribution in [3.8, 4) is 0 Å². The van der Waals surface area contributed by atoms with Gasteiger partial charge in [0.05, 0.1) is 5.52 Å². The standard InChI is InChI=1S/C9H8N2S/c10-8-5-4-6-2-1-3-7(12)9(6)11-8/h1-5,12H,(H2,10,11). The molecule has 0 spiro atoms. The Morgan fingerprint density at radius 3 is 2.83 bits per heavy atom. The Labute approximate surface area is 75.8 Å². The third-order valence-electron chi connectivity index (χ3n) is 1.72. The van der Waals surface area contributed by atoms with Gasteiger partial charge in [-0.3, -0.25) is 0 Å². The van der Waals surface area contributed by atoms with Crippen LogP contribution in [0.2, 0.25) is 0 Å². The van der Waals surface area contributed by atoms with Crippen molar-refractivity contribution in [3.63, 3.8) is 0 Å². The van der Waals surface area contributed by atoms with E-state index in [1.54, 1.807) is 6.07 Å². The molecule has 12 heavy (non-hydrogen) atoms. The number of nitrogens with two attached hydrogens (primary N) is 1. The number of aromatic nitrogens is 1. The molecule has 0 aliphatic rings. The summed E-state index contributed by atoms with van der Waals surface area (Å²) in [6, 6.07) is 9.56. The molecule has 0 atom stereocenters. The van der Waals surface area contributed by atoms with Gasteiger partial charge in [-0.1, -0.05) is 12.1 Å². The van der Waals surface area contributed by atoms with Crippen LogP contribution in [0.3, 0.4) is 0 Å². The van der Waals surface area contributed by atoms with Crippen LogP contribution in [0.5, 0.6) is 0 Å². The molecule has 0 unspecified atom stereocenters. The Morgan fingerprint density at radius 1 is 1.17 bits per heavy atom. The molecule has 0 saturated heterocycles. The topological polar surface area (TPSA) is 38.9 Å². The van der Waals surface area contributed by atoms with Gasteiger partial charge in [-0.05, 0) is 18.2 Å². The maximum Gasteiger partial charge on any atom is 0.124 e. The van der Waals surface area contributed by atoms with Crippen LogP contribution >= 0.6 is 12.6 Å². The van der Waals surface area contributed by atoms with Crippen LogP contribution in [0.15, 0.2) is 35.2 Å². The Hall–Kier alpha value is -1.22. The maximum absolute atomic E-state index is 5.55. The number of nitrogen functional groups attached to an aromatic ring is 1. The van der Waals surface area contributed by atoms with Crippen LogP contribution in [0.1, 0.15) is 0 Å². The number of rotatable bonds is 0. The van der Waals surface area contributed by atoms with E-state index < -0.39 is 0 Å². The number of fused-ring (bicyclic) bond motifs is 1. The van der Waals surface area contributed by atoms with Gasteiger partial charge in [-0.15, -0.1) is 12.6 Å². The number of nitrogens with zero attached hydrogens (tertiary/aromatic N) is 1. The first-order valence-electron chi connectivity index (χ1n) is 3.61. The van der Waals surface area contributed by atoms with Gasteiger partial charge in [0, 0.05) is 10.3 Å². The highest BCUT2D eigenvalue weighted by atomic mass is 32.1. The van der Waals surface area contributed by atoms with Crippen LogP contribution < -0.4 is 5.73 Å². The van der Waals surface area contributed by atoms with Gasteiger partial charge in [0.15, 0.2) is 0 Å². The van der Waals surface area contributed by atoms with E-state index in [9.17, 15) is 0 Å². The van der Waals surface area contributed by atoms with Crippen molar-refractivity contribution in [1.29, 1.82) is 0 Å². The maximum atomic E-state index is 5.55. The molecule has 0 aliphatic heterocycles. The highest BCUT2D eigenvalue weighted by Gasteiger charge is 1.97. The third-order valence-corrected chi connectivity index (χ3v) is 2.08. The molecule has 2 aromatic rings. The first-order valence-corrected chi connectivity index (χ1v) is 4.06. The minimum absolute atomic E-state index is 0.531. The molecule has 1 heterocycles. The SMILES string of the molecule is Nc1ccc2cccc(S)c2n1. The van der Waals surface area contributed by atoms with Crippen molar-refractivity contribution in [2.45, 2.75) is 4.90 Å². The Morgan fingerprint density at radius 2 is 2.00 bits per heavy atom. The smallest absolute Gasteiger partial charge is 0.124 e. The summed E-state index contributed by atoms with van der Waals surface area (Å²) >= 11 is 4.28. The van der Waals surface area contributed by atoms with Gasteiger partial charge < -0.3 is 5.73 Å². The number of para-hydroxylation sites is 1. The average Bonchev–Trinajstić information content (AvgIpc) is 2.07. The summed E-state index contributed by atoms with van der Waals surface area (Å²) in [5, 5.41) is 1.07. The van der Waals surface area contributed by atoms with Crippen molar-refractivity contribution in [3.05, 3.63) is 30.3 Å². The molecule has 0 saturated carbocycles. The van der Waals surface area contributed by atoms with Crippen LogP contribution in [-0.2, 0) is 0 Å². The molecule has 3 heteroatoms. The molecular weight excluding hydrogens is 168 g/mol. The first-order chi connectivity index (χ1) is 5.77. The lowest BCUT2D eigenvalue weighted by Gasteiger charge is -2.00. The largest absolute Gasteiger partial charge is 0.384 e. The predicted molar refractivity (Wildman–Crippen MR) is 53.4 cm³/mol. The zero-order chi connectivity index (χ0) is 8.55. The summed E-state index contributed by atoms with van der Waals surface area (Å²) in [5.41, 5.74) is 6.41. The van der Waals surface area contributed by atoms with Crippen molar-refractivity contribution in [1.82, 2.24) is 4.98 Å². The molecular formula is C9H8N2S. The normalized spacial score (nSPS) is 10.4. The number of pyridine rings is 1. The van der Waals surface area contributed by atoms with E-state index in [1.807, 2.05) is 24.3 Å². The summed E-state index contributed by atoms with van der Waals surface area (Å²) in [6.45, 7) is 0. The Bertz CT molecular complexity index is 426. The van der Waals surface area contributed by atoms with Crippen molar-refractivity contribution in [2.75, 3.05) is 5.73 Å². The summed E-state index contributed by atoms with van der Waals surface area (Å²) in [5.74, 6) is 0.531. The lowest BCUT2D eigenvalue weighted by atomic mass is 10.2. The second-order valence-corrected chi connectivity index (χ2v) is 3.07. The van der Waals surface area contributed by atoms with Crippen LogP contribution in [0, 0.1) is 0 Å². The molecule has 0 aliphatic carbocycles. The molecule has 0 bridgehead atoms. The number of hydrogen-bond acceptors (Lipinski definition) is 3. The summed E-state index contributed by atoms with van der Waals surface area (Å²) in [7, 11) is 0. The predicted octanol–water partition coefficient (Wildman–Crippen LogP) is 2.11. The van der Waals surface area contributed by atoms with E-state index in [4.69, 9.17) is 5.73 Å². The van der Waals surface area contributed by atoms with E-state index in [1.165, 1.54) is 0 Å². The van der Waals surface area contributed by atoms with Gasteiger partial charge in [0.25, 0.3) is 0 Å². The molecule has 0 fully saturated rings. The van der Waals surface area contributed by atoms with Gasteiger partial charge >= 0.3 is 0 Å². The van der Waals surface area contributed by atoms with Crippen LogP contribution in [-0.4, -0.2) is 4.98 Å². The monoisotopic (exact) mass is 176 g/mol. The molecule has 1 aromatic heterocycles. The van der Waals surface area contributed by atoms with Crippen molar-refractivity contribution >= 4 is 29.3 Å². The molecule has 1 aromatic carbocycles. The second-order valence-electron chi connectivity index (χ2n) is 2.58. The van der Waals surface area contributed by atoms with Gasteiger partial charge in [0.1, 0.15) is 5.82 Å². The number of hydrogen-bond donors (Lipinski definition) is 2. The minimum atomic E-state index is 0.531. The lowest BCUT2D eigenvalue weighted by Crippen LogP contribution is -1.89. The molecule has 60 valence electrons. The van der Waals surface area contributed by atoms with E-state index in [2.05, 4.69) is 17.6 Å². The fourth-order valence-electron chi connectivity index (χ4n) is 1.15. The van der Waals surface area contributed by atoms with E-state index in [0.29, 0.717) is 5.82 Å². The average molecular weight is 176 g/mol. The van der Waals surface area contributed by atoms with Crippen molar-refractivity contribution in [2.24, 2.45) is 0 Å². The second kappa shape index (κ2) is 2.68. The third kappa shape index (κ3) is 1.12. The van der Waals surface area contributed by atoms with Gasteiger partial charge in [-0.25, -0.2) is 4.98 Å². The van der Waals surface area contributed by atoms with E-state index in [0.717, 1.165) is 15.8 Å². The summed E-state index contributed by atoms with van der Waals surface area (Å²) in [6.07, 6.45) is 0. The number of anilines is 1. The fraction of sp³-hybridized carbons (Fsp3) is 0. The van der Waals surface area contributed by atoms with E-state index >= 15 is 0 Å². The fourth-order valence-corrected chi connectivity index (χ4v) is 1.41. The van der Waals surface area contributed by atoms with Crippen LogP contribution in [0.25, 0.3) is 10.9 Å². The molecule has 2 N–H and O–H groups in total. The van der Waals surface area contributed by atoms with E-state index in [-0.39, 0.29) is 0 Å². The lowest BCUT2D eigenvalue weighted by molar-refractivity contribution is 1.36. The first kappa shape index (κ1) is 7.43. The highest BCUT2D eigenvalue weighted by molar-refractivity contribution is 7.80. The number of thiol groups is 1. The molecule has 0 radical (unpaired) electrons. The summed E-state index contributed by atoms with van der Waals surface area (Å²) < 4.78 is 0. The summed E-state index contributed by atoms with van der Waals surface area (Å²) in [4.78, 5) is 5.04. The van der Waals surface area contributed by atoms with Gasteiger partial charge in [-0.2, -0.15) is 0 Å². The zero-order valence-corrected chi connectivity index (χ0v) is 7.25. The van der Waals surface area contributed by atoms with Crippen LogP contribution in [0.4, 0.5) is 5.82 Å². The minimum Gasteiger partial charge on any atom is -0.384 e. The zero-order valence-electron chi connectivity index (χ0n) is 6.36. The molecule has 2 nitrogen and oxygen atoms in total. The number of benzene rings is 1. The van der Waals surface area contributed by atoms with Crippen molar-refractivity contribution < 1.29 is 0 Å². The Balaban J connectivity index is 2.88.